The number of aromatic nitrogens is 3. The summed E-state index contributed by atoms with van der Waals surface area (Å²) in [6.07, 6.45) is 5.26. The summed E-state index contributed by atoms with van der Waals surface area (Å²) in [6, 6.07) is 1.40. The first-order valence-electron chi connectivity index (χ1n) is 5.14. The van der Waals surface area contributed by atoms with Crippen molar-refractivity contribution >= 4 is 0 Å². The van der Waals surface area contributed by atoms with Gasteiger partial charge in [0.15, 0.2) is 0 Å². The summed E-state index contributed by atoms with van der Waals surface area (Å²) in [6.45, 7) is 3.93. The molecule has 0 unspecified atom stereocenters. The molecule has 0 fully saturated rings. The third-order valence-electron chi connectivity index (χ3n) is 2.38. The van der Waals surface area contributed by atoms with Gasteiger partial charge in [0.05, 0.1) is 29.5 Å². The van der Waals surface area contributed by atoms with E-state index >= 15 is 0 Å². The summed E-state index contributed by atoms with van der Waals surface area (Å²) >= 11 is 0. The Bertz CT molecular complexity index is 511. The molecule has 82 valence electrons. The Kier molecular flexibility index (Phi) is 2.90. The minimum absolute atomic E-state index is 0.364. The van der Waals surface area contributed by atoms with Crippen LogP contribution in [0, 0.1) is 12.7 Å². The molecule has 3 nitrogen and oxygen atoms in total. The highest BCUT2D eigenvalue weighted by Crippen LogP contribution is 2.17. The van der Waals surface area contributed by atoms with Crippen LogP contribution in [0.15, 0.2) is 24.7 Å². The maximum Gasteiger partial charge on any atom is 0.142 e. The van der Waals surface area contributed by atoms with Gasteiger partial charge in [0.1, 0.15) is 5.82 Å². The van der Waals surface area contributed by atoms with Crippen LogP contribution in [0.5, 0.6) is 0 Å². The molecule has 0 radical (unpaired) electrons. The summed E-state index contributed by atoms with van der Waals surface area (Å²) in [5.41, 5.74) is 3.15. The van der Waals surface area contributed by atoms with Crippen LogP contribution in [-0.2, 0) is 6.42 Å². The maximum atomic E-state index is 13.0. The zero-order valence-electron chi connectivity index (χ0n) is 9.24. The topological polar surface area (TPSA) is 38.7 Å². The van der Waals surface area contributed by atoms with Gasteiger partial charge in [0.25, 0.3) is 0 Å². The summed E-state index contributed by atoms with van der Waals surface area (Å²) in [5, 5.41) is 0. The van der Waals surface area contributed by atoms with E-state index in [9.17, 15) is 4.39 Å². The molecule has 2 aromatic heterocycles. The lowest BCUT2D eigenvalue weighted by Crippen LogP contribution is -1.97. The second kappa shape index (κ2) is 4.35. The number of hydrogen-bond donors (Lipinski definition) is 0. The standard InChI is InChI=1S/C12H12FN3/c1-3-11-8(2)16-12(7-15-11)9-4-10(13)6-14-5-9/h4-7H,3H2,1-2H3. The zero-order valence-corrected chi connectivity index (χ0v) is 9.24. The predicted octanol–water partition coefficient (Wildman–Crippen LogP) is 2.55. The second-order valence-corrected chi connectivity index (χ2v) is 3.53. The van der Waals surface area contributed by atoms with Crippen molar-refractivity contribution in [2.45, 2.75) is 20.3 Å². The first kappa shape index (κ1) is 10.7. The highest BCUT2D eigenvalue weighted by Gasteiger charge is 2.05. The van der Waals surface area contributed by atoms with Crippen molar-refractivity contribution in [3.63, 3.8) is 0 Å². The maximum absolute atomic E-state index is 13.0. The molecule has 0 saturated carbocycles. The Morgan fingerprint density at radius 2 is 2.06 bits per heavy atom. The van der Waals surface area contributed by atoms with Crippen molar-refractivity contribution in [1.29, 1.82) is 0 Å². The fourth-order valence-corrected chi connectivity index (χ4v) is 1.54. The van der Waals surface area contributed by atoms with Crippen LogP contribution in [0.1, 0.15) is 18.3 Å². The first-order chi connectivity index (χ1) is 7.70. The molecule has 2 heterocycles. The van der Waals surface area contributed by atoms with Gasteiger partial charge in [0, 0.05) is 11.8 Å². The summed E-state index contributed by atoms with van der Waals surface area (Å²) in [7, 11) is 0. The molecule has 0 saturated heterocycles. The summed E-state index contributed by atoms with van der Waals surface area (Å²) in [4.78, 5) is 12.5. The Hall–Kier alpha value is -1.84. The van der Waals surface area contributed by atoms with E-state index in [1.165, 1.54) is 12.3 Å². The van der Waals surface area contributed by atoms with Crippen LogP contribution in [0.4, 0.5) is 4.39 Å². The van der Waals surface area contributed by atoms with E-state index in [1.54, 1.807) is 12.4 Å². The number of pyridine rings is 1. The highest BCUT2D eigenvalue weighted by atomic mass is 19.1. The van der Waals surface area contributed by atoms with Gasteiger partial charge in [-0.05, 0) is 19.4 Å². The fraction of sp³-hybridized carbons (Fsp3) is 0.250. The van der Waals surface area contributed by atoms with Crippen LogP contribution in [0.3, 0.4) is 0 Å². The lowest BCUT2D eigenvalue weighted by atomic mass is 10.2. The van der Waals surface area contributed by atoms with Crippen LogP contribution in [0.2, 0.25) is 0 Å². The van der Waals surface area contributed by atoms with Crippen molar-refractivity contribution < 1.29 is 4.39 Å². The van der Waals surface area contributed by atoms with Crippen molar-refractivity contribution in [2.24, 2.45) is 0 Å². The molecule has 16 heavy (non-hydrogen) atoms. The van der Waals surface area contributed by atoms with Gasteiger partial charge in [0.2, 0.25) is 0 Å². The minimum Gasteiger partial charge on any atom is -0.261 e. The zero-order chi connectivity index (χ0) is 11.5. The Labute approximate surface area is 93.4 Å². The van der Waals surface area contributed by atoms with Gasteiger partial charge in [-0.25, -0.2) is 9.37 Å². The molecule has 2 aromatic rings. The van der Waals surface area contributed by atoms with E-state index in [0.717, 1.165) is 17.8 Å². The molecule has 4 heteroatoms. The monoisotopic (exact) mass is 217 g/mol. The fourth-order valence-electron chi connectivity index (χ4n) is 1.54. The number of halogens is 1. The molecule has 0 atom stereocenters. The van der Waals surface area contributed by atoms with Crippen molar-refractivity contribution in [3.05, 3.63) is 41.9 Å². The van der Waals surface area contributed by atoms with Crippen LogP contribution < -0.4 is 0 Å². The number of nitrogens with zero attached hydrogens (tertiary/aromatic N) is 3. The molecule has 0 aromatic carbocycles. The largest absolute Gasteiger partial charge is 0.261 e. The van der Waals surface area contributed by atoms with Gasteiger partial charge in [-0.2, -0.15) is 0 Å². The quantitative estimate of drug-likeness (QED) is 0.776. The lowest BCUT2D eigenvalue weighted by Gasteiger charge is -2.04. The lowest BCUT2D eigenvalue weighted by molar-refractivity contribution is 0.622. The van der Waals surface area contributed by atoms with E-state index in [-0.39, 0.29) is 5.82 Å². The van der Waals surface area contributed by atoms with Crippen molar-refractivity contribution in [1.82, 2.24) is 15.0 Å². The normalized spacial score (nSPS) is 10.4. The number of rotatable bonds is 2. The molecule has 0 aliphatic carbocycles. The molecular weight excluding hydrogens is 205 g/mol. The van der Waals surface area contributed by atoms with Gasteiger partial charge >= 0.3 is 0 Å². The molecule has 0 N–H and O–H groups in total. The van der Waals surface area contributed by atoms with Crippen LogP contribution in [-0.4, -0.2) is 15.0 Å². The van der Waals surface area contributed by atoms with E-state index < -0.39 is 0 Å². The van der Waals surface area contributed by atoms with Crippen LogP contribution in [0.25, 0.3) is 11.3 Å². The Morgan fingerprint density at radius 1 is 1.25 bits per heavy atom. The Balaban J connectivity index is 2.45. The van der Waals surface area contributed by atoms with E-state index in [4.69, 9.17) is 0 Å². The van der Waals surface area contributed by atoms with E-state index in [2.05, 4.69) is 15.0 Å². The number of hydrogen-bond acceptors (Lipinski definition) is 3. The second-order valence-electron chi connectivity index (χ2n) is 3.53. The first-order valence-corrected chi connectivity index (χ1v) is 5.14. The minimum atomic E-state index is -0.364. The SMILES string of the molecule is CCc1ncc(-c2cncc(F)c2)nc1C. The molecule has 0 bridgehead atoms. The highest BCUT2D eigenvalue weighted by molar-refractivity contribution is 5.56. The van der Waals surface area contributed by atoms with E-state index in [1.807, 2.05) is 13.8 Å². The Morgan fingerprint density at radius 3 is 2.69 bits per heavy atom. The molecule has 2 rings (SSSR count). The average molecular weight is 217 g/mol. The summed E-state index contributed by atoms with van der Waals surface area (Å²) < 4.78 is 13.0. The van der Waals surface area contributed by atoms with Gasteiger partial charge < -0.3 is 0 Å². The van der Waals surface area contributed by atoms with Crippen LogP contribution >= 0.6 is 0 Å². The van der Waals surface area contributed by atoms with Gasteiger partial charge in [-0.3, -0.25) is 9.97 Å². The predicted molar refractivity (Wildman–Crippen MR) is 59.3 cm³/mol. The summed E-state index contributed by atoms with van der Waals surface area (Å²) in [5.74, 6) is -0.364. The average Bonchev–Trinajstić information content (AvgIpc) is 2.29. The van der Waals surface area contributed by atoms with Gasteiger partial charge in [-0.15, -0.1) is 0 Å². The van der Waals surface area contributed by atoms with Gasteiger partial charge in [-0.1, -0.05) is 6.92 Å². The smallest absolute Gasteiger partial charge is 0.142 e. The third kappa shape index (κ3) is 2.05. The van der Waals surface area contributed by atoms with E-state index in [0.29, 0.717) is 11.3 Å². The molecular formula is C12H12FN3. The number of aryl methyl sites for hydroxylation is 2. The van der Waals surface area contributed by atoms with Crippen molar-refractivity contribution in [2.75, 3.05) is 0 Å². The molecule has 0 amide bonds. The molecule has 0 spiro atoms. The molecule has 0 aliphatic rings. The molecule has 0 aliphatic heterocycles. The van der Waals surface area contributed by atoms with Crippen molar-refractivity contribution in [3.8, 4) is 11.3 Å². The third-order valence-corrected chi connectivity index (χ3v) is 2.38.